The van der Waals surface area contributed by atoms with E-state index >= 15 is 0 Å². The van der Waals surface area contributed by atoms with E-state index in [0.29, 0.717) is 17.3 Å². The highest BCUT2D eigenvalue weighted by atomic mass is 35.5. The van der Waals surface area contributed by atoms with Gasteiger partial charge in [0, 0.05) is 39.8 Å². The van der Waals surface area contributed by atoms with Gasteiger partial charge in [0.05, 0.1) is 0 Å². The molecule has 2 heterocycles. The molecule has 1 aliphatic rings. The highest BCUT2D eigenvalue weighted by molar-refractivity contribution is 6.30. The molecular weight excluding hydrogens is 338 g/mol. The number of aryl methyl sites for hydroxylation is 2. The number of anilines is 1. The molecule has 0 atom stereocenters. The predicted molar refractivity (Wildman–Crippen MR) is 99.7 cm³/mol. The predicted octanol–water partition coefficient (Wildman–Crippen LogP) is 4.67. The van der Waals surface area contributed by atoms with Crippen molar-refractivity contribution in [2.75, 3.05) is 11.6 Å². The molecule has 0 fully saturated rings. The molecule has 0 saturated heterocycles. The fraction of sp³-hybridized carbons (Fsp3) is 0.250. The summed E-state index contributed by atoms with van der Waals surface area (Å²) in [6.07, 6.45) is 0.777. The second-order valence-electron chi connectivity index (χ2n) is 6.26. The summed E-state index contributed by atoms with van der Waals surface area (Å²) in [4.78, 5) is 14.0. The maximum absolute atomic E-state index is 11.8. The second kappa shape index (κ2) is 6.12. The molecule has 0 saturated carbocycles. The van der Waals surface area contributed by atoms with Gasteiger partial charge >= 0.3 is 5.63 Å². The summed E-state index contributed by atoms with van der Waals surface area (Å²) in [5.41, 5.74) is 4.29. The van der Waals surface area contributed by atoms with Crippen LogP contribution < -0.4 is 15.3 Å². The maximum atomic E-state index is 11.8. The Morgan fingerprint density at radius 1 is 1.24 bits per heavy atom. The molecule has 4 nitrogen and oxygen atoms in total. The average molecular weight is 356 g/mol. The summed E-state index contributed by atoms with van der Waals surface area (Å²) in [5, 5.41) is 1.68. The van der Waals surface area contributed by atoms with E-state index in [0.717, 1.165) is 46.5 Å². The summed E-state index contributed by atoms with van der Waals surface area (Å²) in [6.45, 7) is 5.13. The minimum Gasteiger partial charge on any atom is -0.472 e. The Kier molecular flexibility index (Phi) is 3.92. The minimum atomic E-state index is -0.316. The summed E-state index contributed by atoms with van der Waals surface area (Å²) >= 11 is 6.11. The number of nitrogens with zero attached hydrogens (tertiary/aromatic N) is 1. The summed E-state index contributed by atoms with van der Waals surface area (Å²) in [5.74, 6) is 0.808. The Morgan fingerprint density at radius 2 is 2.08 bits per heavy atom. The normalized spacial score (nSPS) is 13.6. The van der Waals surface area contributed by atoms with Crippen LogP contribution in [0.15, 0.2) is 45.6 Å². The molecular formula is C20H18ClNO3. The number of ether oxygens (including phenoxy) is 1. The van der Waals surface area contributed by atoms with Crippen LogP contribution in [0.5, 0.6) is 5.75 Å². The van der Waals surface area contributed by atoms with E-state index in [4.69, 9.17) is 20.8 Å². The van der Waals surface area contributed by atoms with Gasteiger partial charge in [0.15, 0.2) is 6.73 Å². The summed E-state index contributed by atoms with van der Waals surface area (Å²) < 4.78 is 11.5. The molecule has 2 aromatic carbocycles. The van der Waals surface area contributed by atoms with Crippen molar-refractivity contribution < 1.29 is 9.15 Å². The van der Waals surface area contributed by atoms with Gasteiger partial charge in [0.2, 0.25) is 0 Å². The van der Waals surface area contributed by atoms with Crippen molar-refractivity contribution >= 4 is 28.3 Å². The Hall–Kier alpha value is -2.46. The molecule has 0 radical (unpaired) electrons. The van der Waals surface area contributed by atoms with Crippen LogP contribution >= 0.6 is 11.6 Å². The molecule has 0 N–H and O–H groups in total. The van der Waals surface area contributed by atoms with Gasteiger partial charge in [-0.1, -0.05) is 24.6 Å². The first-order chi connectivity index (χ1) is 12.1. The van der Waals surface area contributed by atoms with Crippen molar-refractivity contribution in [2.24, 2.45) is 0 Å². The third-order valence-corrected chi connectivity index (χ3v) is 4.89. The van der Waals surface area contributed by atoms with Crippen LogP contribution in [0.25, 0.3) is 11.0 Å². The third kappa shape index (κ3) is 2.76. The van der Waals surface area contributed by atoms with Crippen molar-refractivity contribution in [3.63, 3.8) is 0 Å². The van der Waals surface area contributed by atoms with E-state index in [-0.39, 0.29) is 5.63 Å². The summed E-state index contributed by atoms with van der Waals surface area (Å²) in [6, 6.07) is 11.4. The van der Waals surface area contributed by atoms with Crippen LogP contribution in [0.4, 0.5) is 5.69 Å². The first-order valence-electron chi connectivity index (χ1n) is 8.29. The molecule has 4 rings (SSSR count). The first-order valence-corrected chi connectivity index (χ1v) is 8.67. The zero-order valence-electron chi connectivity index (χ0n) is 14.1. The fourth-order valence-corrected chi connectivity index (χ4v) is 3.60. The second-order valence-corrected chi connectivity index (χ2v) is 6.70. The summed E-state index contributed by atoms with van der Waals surface area (Å²) in [7, 11) is 0. The third-order valence-electron chi connectivity index (χ3n) is 4.66. The molecule has 0 amide bonds. The number of halogens is 1. The van der Waals surface area contributed by atoms with Gasteiger partial charge in [-0.25, -0.2) is 4.79 Å². The lowest BCUT2D eigenvalue weighted by Crippen LogP contribution is -2.32. The maximum Gasteiger partial charge on any atom is 0.336 e. The van der Waals surface area contributed by atoms with Gasteiger partial charge in [-0.2, -0.15) is 0 Å². The highest BCUT2D eigenvalue weighted by Gasteiger charge is 2.23. The Balaban J connectivity index is 1.84. The van der Waals surface area contributed by atoms with Crippen molar-refractivity contribution in [1.29, 1.82) is 0 Å². The van der Waals surface area contributed by atoms with Gasteiger partial charge in [-0.3, -0.25) is 0 Å². The van der Waals surface area contributed by atoms with Crippen molar-refractivity contribution in [3.05, 3.63) is 68.5 Å². The van der Waals surface area contributed by atoms with Crippen LogP contribution in [0.2, 0.25) is 5.02 Å². The van der Waals surface area contributed by atoms with Crippen LogP contribution in [-0.2, 0) is 13.0 Å². The number of fused-ring (bicyclic) bond motifs is 2. The van der Waals surface area contributed by atoms with E-state index in [1.54, 1.807) is 6.07 Å². The Morgan fingerprint density at radius 3 is 2.84 bits per heavy atom. The van der Waals surface area contributed by atoms with Gasteiger partial charge < -0.3 is 14.1 Å². The van der Waals surface area contributed by atoms with Crippen LogP contribution in [0.1, 0.15) is 23.6 Å². The van der Waals surface area contributed by atoms with Crippen LogP contribution in [-0.4, -0.2) is 6.73 Å². The lowest BCUT2D eigenvalue weighted by Gasteiger charge is -2.32. The zero-order chi connectivity index (χ0) is 17.6. The quantitative estimate of drug-likeness (QED) is 0.626. The molecule has 128 valence electrons. The molecule has 0 bridgehead atoms. The number of hydrogen-bond donors (Lipinski definition) is 0. The number of hydrogen-bond acceptors (Lipinski definition) is 4. The number of benzene rings is 2. The molecule has 3 aromatic rings. The topological polar surface area (TPSA) is 42.7 Å². The van der Waals surface area contributed by atoms with Crippen LogP contribution in [0.3, 0.4) is 0 Å². The lowest BCUT2D eigenvalue weighted by molar-refractivity contribution is 0.287. The Bertz CT molecular complexity index is 1030. The smallest absolute Gasteiger partial charge is 0.336 e. The standard InChI is InChI=1S/C20H18ClNO3/c1-3-13-8-18(23)25-20-12(2)19-14(7-17(13)20)10-22(11-24-19)16-6-4-5-15(21)9-16/h4-9H,3,10-11H2,1-2H3. The van der Waals surface area contributed by atoms with E-state index in [2.05, 4.69) is 11.0 Å². The average Bonchev–Trinajstić information content (AvgIpc) is 2.61. The Labute approximate surface area is 150 Å². The molecule has 5 heteroatoms. The largest absolute Gasteiger partial charge is 0.472 e. The van der Waals surface area contributed by atoms with E-state index in [1.807, 2.05) is 38.1 Å². The molecule has 25 heavy (non-hydrogen) atoms. The van der Waals surface area contributed by atoms with Crippen molar-refractivity contribution in [2.45, 2.75) is 26.8 Å². The van der Waals surface area contributed by atoms with Gasteiger partial charge in [-0.15, -0.1) is 0 Å². The van der Waals surface area contributed by atoms with Gasteiger partial charge in [0.1, 0.15) is 11.3 Å². The van der Waals surface area contributed by atoms with E-state index in [1.165, 1.54) is 0 Å². The molecule has 0 aliphatic carbocycles. The van der Waals surface area contributed by atoms with Crippen molar-refractivity contribution in [3.8, 4) is 5.75 Å². The zero-order valence-corrected chi connectivity index (χ0v) is 14.9. The SMILES string of the molecule is CCc1cc(=O)oc2c(C)c3c(cc12)CN(c1cccc(Cl)c1)CO3. The van der Waals surface area contributed by atoms with Crippen molar-refractivity contribution in [1.82, 2.24) is 0 Å². The van der Waals surface area contributed by atoms with Gasteiger partial charge in [0.25, 0.3) is 0 Å². The van der Waals surface area contributed by atoms with Crippen LogP contribution in [0, 0.1) is 6.92 Å². The minimum absolute atomic E-state index is 0.316. The number of rotatable bonds is 2. The highest BCUT2D eigenvalue weighted by Crippen LogP contribution is 2.37. The molecule has 0 unspecified atom stereocenters. The molecule has 0 spiro atoms. The molecule has 1 aromatic heterocycles. The molecule has 1 aliphatic heterocycles. The monoisotopic (exact) mass is 355 g/mol. The van der Waals surface area contributed by atoms with E-state index < -0.39 is 0 Å². The van der Waals surface area contributed by atoms with E-state index in [9.17, 15) is 4.79 Å². The fourth-order valence-electron chi connectivity index (χ4n) is 3.41. The first kappa shape index (κ1) is 16.0. The van der Waals surface area contributed by atoms with Gasteiger partial charge in [-0.05, 0) is 43.2 Å². The lowest BCUT2D eigenvalue weighted by atomic mass is 9.99.